The lowest BCUT2D eigenvalue weighted by Crippen LogP contribution is -1.85. The molecule has 2 heteroatoms. The lowest BCUT2D eigenvalue weighted by Gasteiger charge is -2.04. The maximum absolute atomic E-state index is 5.99. The molecule has 1 aromatic heterocycles. The number of allylic oxidation sites excluding steroid dienone is 1. The third kappa shape index (κ3) is 1.51. The minimum atomic E-state index is 0.563. The molecule has 1 heterocycles. The predicted octanol–water partition coefficient (Wildman–Crippen LogP) is 3.62. The van der Waals surface area contributed by atoms with Crippen molar-refractivity contribution in [3.8, 4) is 0 Å². The maximum Gasteiger partial charge on any atom is 0.136 e. The summed E-state index contributed by atoms with van der Waals surface area (Å²) in [4.78, 5) is 4.05. The fraction of sp³-hybridized carbons (Fsp3) is 0.0833. The molecule has 2 aromatic rings. The van der Waals surface area contributed by atoms with Crippen LogP contribution >= 0.6 is 11.6 Å². The zero-order chi connectivity index (χ0) is 9.97. The first-order valence-corrected chi connectivity index (χ1v) is 4.83. The molecule has 2 rings (SSSR count). The predicted molar refractivity (Wildman–Crippen MR) is 60.7 cm³/mol. The fourth-order valence-electron chi connectivity index (χ4n) is 1.57. The van der Waals surface area contributed by atoms with Crippen LogP contribution in [0.3, 0.4) is 0 Å². The zero-order valence-electron chi connectivity index (χ0n) is 7.70. The van der Waals surface area contributed by atoms with Crippen LogP contribution in [0.5, 0.6) is 0 Å². The normalized spacial score (nSPS) is 10.4. The Morgan fingerprint density at radius 3 is 2.93 bits per heavy atom. The summed E-state index contributed by atoms with van der Waals surface area (Å²) in [5.41, 5.74) is 1.24. The Hall–Kier alpha value is -1.34. The summed E-state index contributed by atoms with van der Waals surface area (Å²) in [6.45, 7) is 3.74. The molecule has 0 radical (unpaired) electrons. The number of halogens is 1. The summed E-state index contributed by atoms with van der Waals surface area (Å²) in [6, 6.07) is 8.05. The molecule has 1 aromatic carbocycles. The Kier molecular flexibility index (Phi) is 2.51. The average Bonchev–Trinajstić information content (AvgIpc) is 2.20. The highest BCUT2D eigenvalue weighted by atomic mass is 35.5. The van der Waals surface area contributed by atoms with Gasteiger partial charge < -0.3 is 0 Å². The first-order valence-electron chi connectivity index (χ1n) is 4.46. The number of rotatable bonds is 2. The molecule has 0 saturated carbocycles. The molecule has 0 atom stereocenters. The van der Waals surface area contributed by atoms with Crippen molar-refractivity contribution in [2.24, 2.45) is 0 Å². The monoisotopic (exact) mass is 203 g/mol. The van der Waals surface area contributed by atoms with Crippen molar-refractivity contribution in [2.75, 3.05) is 0 Å². The molecule has 1 nitrogen and oxygen atoms in total. The van der Waals surface area contributed by atoms with Crippen LogP contribution in [0, 0.1) is 0 Å². The minimum absolute atomic E-state index is 0.563. The van der Waals surface area contributed by atoms with Crippen LogP contribution in [0.15, 0.2) is 43.1 Å². The van der Waals surface area contributed by atoms with Crippen LogP contribution in [-0.4, -0.2) is 4.98 Å². The number of fused-ring (bicyclic) bond motifs is 1. The van der Waals surface area contributed by atoms with E-state index >= 15 is 0 Å². The molecule has 0 saturated heterocycles. The van der Waals surface area contributed by atoms with E-state index in [1.807, 2.05) is 24.3 Å². The van der Waals surface area contributed by atoms with Gasteiger partial charge in [-0.05, 0) is 23.4 Å². The molecule has 14 heavy (non-hydrogen) atoms. The van der Waals surface area contributed by atoms with Crippen LogP contribution in [0.4, 0.5) is 0 Å². The van der Waals surface area contributed by atoms with E-state index in [-0.39, 0.29) is 0 Å². The first-order chi connectivity index (χ1) is 6.83. The van der Waals surface area contributed by atoms with Gasteiger partial charge >= 0.3 is 0 Å². The molecule has 0 amide bonds. The van der Waals surface area contributed by atoms with E-state index in [0.29, 0.717) is 5.15 Å². The van der Waals surface area contributed by atoms with Gasteiger partial charge in [0.25, 0.3) is 0 Å². The van der Waals surface area contributed by atoms with Gasteiger partial charge in [0.05, 0.1) is 0 Å². The molecule has 0 aliphatic heterocycles. The van der Waals surface area contributed by atoms with E-state index in [9.17, 15) is 0 Å². The van der Waals surface area contributed by atoms with Crippen molar-refractivity contribution >= 4 is 22.4 Å². The standard InChI is InChI=1S/C12H10ClN/c1-2-4-9-5-3-6-11-10(9)7-8-14-12(11)13/h2-3,5-8H,1,4H2. The fourth-order valence-corrected chi connectivity index (χ4v) is 1.79. The van der Waals surface area contributed by atoms with Gasteiger partial charge in [0.2, 0.25) is 0 Å². The molecule has 0 aliphatic carbocycles. The van der Waals surface area contributed by atoms with Crippen molar-refractivity contribution in [3.63, 3.8) is 0 Å². The highest BCUT2D eigenvalue weighted by Gasteiger charge is 2.02. The van der Waals surface area contributed by atoms with Gasteiger partial charge in [-0.25, -0.2) is 4.98 Å². The van der Waals surface area contributed by atoms with E-state index in [1.54, 1.807) is 6.20 Å². The van der Waals surface area contributed by atoms with E-state index in [1.165, 1.54) is 5.56 Å². The Morgan fingerprint density at radius 2 is 2.14 bits per heavy atom. The molecule has 0 fully saturated rings. The van der Waals surface area contributed by atoms with Gasteiger partial charge in [-0.1, -0.05) is 35.9 Å². The molecule has 0 bridgehead atoms. The number of hydrogen-bond donors (Lipinski definition) is 0. The number of pyridine rings is 1. The van der Waals surface area contributed by atoms with Crippen LogP contribution < -0.4 is 0 Å². The van der Waals surface area contributed by atoms with Crippen molar-refractivity contribution in [3.05, 3.63) is 53.8 Å². The third-order valence-corrected chi connectivity index (χ3v) is 2.51. The number of hydrogen-bond acceptors (Lipinski definition) is 1. The van der Waals surface area contributed by atoms with Gasteiger partial charge in [0.1, 0.15) is 5.15 Å². The SMILES string of the molecule is C=CCc1cccc2c(Cl)nccc12. The Morgan fingerprint density at radius 1 is 1.29 bits per heavy atom. The quantitative estimate of drug-likeness (QED) is 0.537. The lowest BCUT2D eigenvalue weighted by atomic mass is 10.0. The maximum atomic E-state index is 5.99. The minimum Gasteiger partial charge on any atom is -0.244 e. The molecule has 0 N–H and O–H groups in total. The first kappa shape index (κ1) is 9.22. The van der Waals surface area contributed by atoms with Gasteiger partial charge in [0, 0.05) is 11.6 Å². The van der Waals surface area contributed by atoms with Gasteiger partial charge in [-0.2, -0.15) is 0 Å². The van der Waals surface area contributed by atoms with Crippen LogP contribution in [0.2, 0.25) is 5.15 Å². The van der Waals surface area contributed by atoms with Crippen molar-refractivity contribution in [1.82, 2.24) is 4.98 Å². The third-order valence-electron chi connectivity index (χ3n) is 2.21. The lowest BCUT2D eigenvalue weighted by molar-refractivity contribution is 1.29. The molecule has 0 spiro atoms. The summed E-state index contributed by atoms with van der Waals surface area (Å²) < 4.78 is 0. The Bertz CT molecular complexity index is 477. The average molecular weight is 204 g/mol. The van der Waals surface area contributed by atoms with Gasteiger partial charge in [0.15, 0.2) is 0 Å². The van der Waals surface area contributed by atoms with Crippen molar-refractivity contribution in [1.29, 1.82) is 0 Å². The van der Waals surface area contributed by atoms with Crippen LogP contribution in [0.25, 0.3) is 10.8 Å². The van der Waals surface area contributed by atoms with E-state index < -0.39 is 0 Å². The van der Waals surface area contributed by atoms with Gasteiger partial charge in [-0.3, -0.25) is 0 Å². The molecule has 0 unspecified atom stereocenters. The summed E-state index contributed by atoms with van der Waals surface area (Å²) in [7, 11) is 0. The summed E-state index contributed by atoms with van der Waals surface area (Å²) in [5, 5.41) is 2.73. The Labute approximate surface area is 88.0 Å². The zero-order valence-corrected chi connectivity index (χ0v) is 8.46. The number of aromatic nitrogens is 1. The Balaban J connectivity index is 2.74. The van der Waals surface area contributed by atoms with E-state index in [2.05, 4.69) is 17.6 Å². The molecule has 0 aliphatic rings. The van der Waals surface area contributed by atoms with Crippen molar-refractivity contribution in [2.45, 2.75) is 6.42 Å². The summed E-state index contributed by atoms with van der Waals surface area (Å²) in [6.07, 6.45) is 4.48. The number of nitrogens with zero attached hydrogens (tertiary/aromatic N) is 1. The highest BCUT2D eigenvalue weighted by Crippen LogP contribution is 2.24. The summed E-state index contributed by atoms with van der Waals surface area (Å²) >= 11 is 5.99. The topological polar surface area (TPSA) is 12.9 Å². The van der Waals surface area contributed by atoms with E-state index in [4.69, 9.17) is 11.6 Å². The molecular formula is C12H10ClN. The highest BCUT2D eigenvalue weighted by molar-refractivity contribution is 6.34. The smallest absolute Gasteiger partial charge is 0.136 e. The number of benzene rings is 1. The van der Waals surface area contributed by atoms with Crippen LogP contribution in [-0.2, 0) is 6.42 Å². The van der Waals surface area contributed by atoms with Crippen LogP contribution in [0.1, 0.15) is 5.56 Å². The second-order valence-electron chi connectivity index (χ2n) is 3.11. The van der Waals surface area contributed by atoms with E-state index in [0.717, 1.165) is 17.2 Å². The molecule has 70 valence electrons. The van der Waals surface area contributed by atoms with Gasteiger partial charge in [-0.15, -0.1) is 6.58 Å². The second-order valence-corrected chi connectivity index (χ2v) is 3.46. The second kappa shape index (κ2) is 3.81. The summed E-state index contributed by atoms with van der Waals surface area (Å²) in [5.74, 6) is 0. The van der Waals surface area contributed by atoms with Crippen molar-refractivity contribution < 1.29 is 0 Å². The largest absolute Gasteiger partial charge is 0.244 e. The molecular weight excluding hydrogens is 194 g/mol.